The number of nitrogens with zero attached hydrogens (tertiary/aromatic N) is 3. The first-order chi connectivity index (χ1) is 18.0. The van der Waals surface area contributed by atoms with Crippen molar-refractivity contribution >= 4 is 11.8 Å². The summed E-state index contributed by atoms with van der Waals surface area (Å²) in [5.74, 6) is 1.18. The molecule has 5 rings (SSSR count). The highest BCUT2D eigenvalue weighted by molar-refractivity contribution is 5.97. The van der Waals surface area contributed by atoms with Crippen LogP contribution in [-0.4, -0.2) is 52.8 Å². The van der Waals surface area contributed by atoms with Crippen LogP contribution in [0, 0.1) is 25.7 Å². The second kappa shape index (κ2) is 11.6. The van der Waals surface area contributed by atoms with Gasteiger partial charge in [0.05, 0.1) is 17.3 Å². The van der Waals surface area contributed by atoms with Crippen LogP contribution in [0.1, 0.15) is 78.2 Å². The van der Waals surface area contributed by atoms with Crippen LogP contribution in [0.25, 0.3) is 0 Å². The Bertz CT molecular complexity index is 1120. The van der Waals surface area contributed by atoms with Gasteiger partial charge in [-0.2, -0.15) is 0 Å². The van der Waals surface area contributed by atoms with Gasteiger partial charge in [-0.05, 0) is 61.8 Å². The molecule has 0 spiro atoms. The Morgan fingerprint density at radius 2 is 1.84 bits per heavy atom. The van der Waals surface area contributed by atoms with E-state index < -0.39 is 0 Å². The number of likely N-dealkylation sites (tertiary alicyclic amines) is 1. The Labute approximate surface area is 221 Å². The van der Waals surface area contributed by atoms with Crippen molar-refractivity contribution in [2.75, 3.05) is 26.2 Å². The average molecular weight is 501 g/mol. The normalized spacial score (nSPS) is 21.0. The topological polar surface area (TPSA) is 65.5 Å². The molecule has 0 radical (unpaired) electrons. The van der Waals surface area contributed by atoms with Gasteiger partial charge in [-0.25, -0.2) is 0 Å². The number of hydrogen-bond donors (Lipinski definition) is 1. The van der Waals surface area contributed by atoms with Gasteiger partial charge in [0.1, 0.15) is 0 Å². The fraction of sp³-hybridized carbons (Fsp3) is 0.516. The fourth-order valence-electron chi connectivity index (χ4n) is 6.39. The van der Waals surface area contributed by atoms with Gasteiger partial charge in [0.15, 0.2) is 0 Å². The number of fused-ring (bicyclic) bond motifs is 1. The molecular weight excluding hydrogens is 460 g/mol. The molecule has 1 aromatic heterocycles. The Balaban J connectivity index is 1.18. The van der Waals surface area contributed by atoms with E-state index in [-0.39, 0.29) is 17.9 Å². The van der Waals surface area contributed by atoms with E-state index in [0.717, 1.165) is 49.4 Å². The maximum absolute atomic E-state index is 13.2. The minimum atomic E-state index is 0.0290. The third kappa shape index (κ3) is 6.12. The van der Waals surface area contributed by atoms with E-state index in [9.17, 15) is 9.59 Å². The fourth-order valence-corrected chi connectivity index (χ4v) is 6.39. The van der Waals surface area contributed by atoms with Gasteiger partial charge in [-0.15, -0.1) is 0 Å². The number of hydrogen-bond acceptors (Lipinski definition) is 4. The second-order valence-electron chi connectivity index (χ2n) is 11.2. The van der Waals surface area contributed by atoms with Gasteiger partial charge in [0.2, 0.25) is 5.91 Å². The van der Waals surface area contributed by atoms with E-state index in [4.69, 9.17) is 0 Å². The summed E-state index contributed by atoms with van der Waals surface area (Å²) in [5, 5.41) is 3.37. The van der Waals surface area contributed by atoms with Crippen molar-refractivity contribution < 1.29 is 9.59 Å². The number of nitrogens with one attached hydrogen (secondary N) is 1. The third-order valence-electron chi connectivity index (χ3n) is 8.44. The molecule has 2 fully saturated rings. The van der Waals surface area contributed by atoms with Gasteiger partial charge < -0.3 is 10.2 Å². The SMILES string of the molecule is Cc1ccnc(C)c1C(=O)N1C=C2CN(CCC(NC(=O)CC3CCCCC3)c3ccccc3)CC2C1. The first kappa shape index (κ1) is 25.7. The quantitative estimate of drug-likeness (QED) is 0.542. The summed E-state index contributed by atoms with van der Waals surface area (Å²) in [6, 6.07) is 12.3. The van der Waals surface area contributed by atoms with Crippen LogP contribution in [0.3, 0.4) is 0 Å². The highest BCUT2D eigenvalue weighted by Gasteiger charge is 2.36. The summed E-state index contributed by atoms with van der Waals surface area (Å²) < 4.78 is 0. The third-order valence-corrected chi connectivity index (χ3v) is 8.44. The van der Waals surface area contributed by atoms with Crippen molar-refractivity contribution in [2.24, 2.45) is 11.8 Å². The average Bonchev–Trinajstić information content (AvgIpc) is 3.47. The number of rotatable bonds is 8. The molecule has 1 aliphatic carbocycles. The van der Waals surface area contributed by atoms with Crippen LogP contribution in [-0.2, 0) is 4.79 Å². The van der Waals surface area contributed by atoms with E-state index in [1.165, 1.54) is 43.2 Å². The Kier molecular flexibility index (Phi) is 8.04. The molecule has 2 amide bonds. The summed E-state index contributed by atoms with van der Waals surface area (Å²) in [7, 11) is 0. The van der Waals surface area contributed by atoms with E-state index in [1.54, 1.807) is 6.20 Å². The molecule has 2 aromatic rings. The number of amides is 2. The predicted molar refractivity (Wildman–Crippen MR) is 146 cm³/mol. The highest BCUT2D eigenvalue weighted by Crippen LogP contribution is 2.32. The number of aromatic nitrogens is 1. The zero-order valence-electron chi connectivity index (χ0n) is 22.3. The van der Waals surface area contributed by atoms with Gasteiger partial charge >= 0.3 is 0 Å². The standard InChI is InChI=1S/C31H40N4O2/c1-22-13-15-32-23(2)30(22)31(37)35-20-26-18-34(19-27(26)21-35)16-14-28(25-11-7-4-8-12-25)33-29(36)17-24-9-5-3-6-10-24/h4,7-8,11-13,15,20,24,27-28H,3,5-6,9-10,14,16-19,21H2,1-2H3,(H,33,36). The van der Waals surface area contributed by atoms with E-state index in [0.29, 0.717) is 18.3 Å². The second-order valence-corrected chi connectivity index (χ2v) is 11.2. The number of benzene rings is 1. The van der Waals surface area contributed by atoms with Crippen molar-refractivity contribution in [1.82, 2.24) is 20.1 Å². The number of carbonyl (C=O) groups is 2. The van der Waals surface area contributed by atoms with Crippen LogP contribution >= 0.6 is 0 Å². The lowest BCUT2D eigenvalue weighted by atomic mass is 9.86. The van der Waals surface area contributed by atoms with Crippen molar-refractivity contribution in [2.45, 2.75) is 64.8 Å². The van der Waals surface area contributed by atoms with Gasteiger partial charge in [-0.1, -0.05) is 49.6 Å². The van der Waals surface area contributed by atoms with E-state index in [1.807, 2.05) is 30.9 Å². The van der Waals surface area contributed by atoms with Crippen molar-refractivity contribution in [3.8, 4) is 0 Å². The van der Waals surface area contributed by atoms with Crippen molar-refractivity contribution in [1.29, 1.82) is 0 Å². The molecule has 3 aliphatic rings. The molecule has 1 aromatic carbocycles. The monoisotopic (exact) mass is 500 g/mol. The summed E-state index contributed by atoms with van der Waals surface area (Å²) in [6.07, 6.45) is 11.6. The summed E-state index contributed by atoms with van der Waals surface area (Å²) in [4.78, 5) is 34.8. The van der Waals surface area contributed by atoms with Crippen LogP contribution < -0.4 is 5.32 Å². The molecule has 2 atom stereocenters. The molecular formula is C31H40N4O2. The van der Waals surface area contributed by atoms with Crippen LogP contribution in [0.2, 0.25) is 0 Å². The minimum Gasteiger partial charge on any atom is -0.349 e. The van der Waals surface area contributed by atoms with Crippen LogP contribution in [0.15, 0.2) is 54.4 Å². The first-order valence-corrected chi connectivity index (χ1v) is 14.0. The van der Waals surface area contributed by atoms with Crippen LogP contribution in [0.5, 0.6) is 0 Å². The molecule has 2 unspecified atom stereocenters. The lowest BCUT2D eigenvalue weighted by Gasteiger charge is -2.26. The largest absolute Gasteiger partial charge is 0.349 e. The highest BCUT2D eigenvalue weighted by atomic mass is 16.2. The molecule has 1 saturated heterocycles. The molecule has 196 valence electrons. The lowest BCUT2D eigenvalue weighted by Crippen LogP contribution is -2.34. The number of pyridine rings is 1. The number of aryl methyl sites for hydroxylation is 2. The van der Waals surface area contributed by atoms with E-state index >= 15 is 0 Å². The molecule has 0 bridgehead atoms. The predicted octanol–water partition coefficient (Wildman–Crippen LogP) is 5.19. The molecule has 37 heavy (non-hydrogen) atoms. The Hall–Kier alpha value is -2.99. The van der Waals surface area contributed by atoms with Gasteiger partial charge in [-0.3, -0.25) is 19.5 Å². The zero-order valence-corrected chi connectivity index (χ0v) is 22.3. The first-order valence-electron chi connectivity index (χ1n) is 14.0. The van der Waals surface area contributed by atoms with E-state index in [2.05, 4.69) is 45.7 Å². The van der Waals surface area contributed by atoms with Gasteiger partial charge in [0.25, 0.3) is 5.91 Å². The van der Waals surface area contributed by atoms with Gasteiger partial charge in [0, 0.05) is 50.9 Å². The summed E-state index contributed by atoms with van der Waals surface area (Å²) in [6.45, 7) is 7.38. The Morgan fingerprint density at radius 1 is 1.05 bits per heavy atom. The number of carbonyl (C=O) groups excluding carboxylic acids is 2. The molecule has 2 aliphatic heterocycles. The molecule has 1 N–H and O–H groups in total. The van der Waals surface area contributed by atoms with Crippen LogP contribution in [0.4, 0.5) is 0 Å². The zero-order chi connectivity index (χ0) is 25.8. The molecule has 1 saturated carbocycles. The maximum atomic E-state index is 13.2. The minimum absolute atomic E-state index is 0.0290. The van der Waals surface area contributed by atoms with Crippen molar-refractivity contribution in [3.63, 3.8) is 0 Å². The molecule has 6 nitrogen and oxygen atoms in total. The Morgan fingerprint density at radius 3 is 2.57 bits per heavy atom. The van der Waals surface area contributed by atoms with Crippen molar-refractivity contribution in [3.05, 3.63) is 76.8 Å². The molecule has 3 heterocycles. The smallest absolute Gasteiger partial charge is 0.259 e. The molecule has 6 heteroatoms. The maximum Gasteiger partial charge on any atom is 0.259 e. The summed E-state index contributed by atoms with van der Waals surface area (Å²) >= 11 is 0. The lowest BCUT2D eigenvalue weighted by molar-refractivity contribution is -0.123. The summed E-state index contributed by atoms with van der Waals surface area (Å²) in [5.41, 5.74) is 5.01.